The van der Waals surface area contributed by atoms with Gasteiger partial charge in [0.2, 0.25) is 0 Å². The molecule has 0 fully saturated rings. The van der Waals surface area contributed by atoms with E-state index in [1.54, 1.807) is 24.3 Å². The number of nitriles is 1. The van der Waals surface area contributed by atoms with Crippen LogP contribution in [-0.4, -0.2) is 54.8 Å². The van der Waals surface area contributed by atoms with E-state index in [0.717, 1.165) is 4.90 Å². The molecule has 0 bridgehead atoms. The lowest BCUT2D eigenvalue weighted by molar-refractivity contribution is -0.146. The second-order valence-electron chi connectivity index (χ2n) is 5.20. The van der Waals surface area contributed by atoms with Crippen LogP contribution >= 0.6 is 0 Å². The van der Waals surface area contributed by atoms with Crippen molar-refractivity contribution in [3.63, 3.8) is 0 Å². The summed E-state index contributed by atoms with van der Waals surface area (Å²) in [6.07, 6.45) is -0.380. The van der Waals surface area contributed by atoms with E-state index in [0.29, 0.717) is 11.1 Å². The van der Waals surface area contributed by atoms with Crippen molar-refractivity contribution in [1.29, 1.82) is 5.26 Å². The number of imide groups is 1. The van der Waals surface area contributed by atoms with Crippen molar-refractivity contribution >= 4 is 23.6 Å². The fourth-order valence-electron chi connectivity index (χ4n) is 2.26. The Morgan fingerprint density at radius 3 is 2.32 bits per heavy atom. The number of ketones is 1. The molecule has 0 aromatic heterocycles. The number of carbonyl (C=O) groups excluding carboxylic acids is 4. The lowest BCUT2D eigenvalue weighted by Gasteiger charge is -2.13. The third-order valence-corrected chi connectivity index (χ3v) is 3.42. The van der Waals surface area contributed by atoms with Crippen LogP contribution in [0, 0.1) is 11.3 Å². The molecule has 8 heteroatoms. The molecule has 0 radical (unpaired) electrons. The number of carbonyl (C=O) groups is 4. The molecule has 2 amide bonds. The molecule has 0 spiro atoms. The van der Waals surface area contributed by atoms with Crippen LogP contribution < -0.4 is 0 Å². The molecule has 25 heavy (non-hydrogen) atoms. The minimum Gasteiger partial charge on any atom is -0.464 e. The van der Waals surface area contributed by atoms with E-state index in [2.05, 4.69) is 4.74 Å². The van der Waals surface area contributed by atoms with Crippen molar-refractivity contribution in [3.8, 4) is 6.07 Å². The minimum atomic E-state index is -0.718. The SMILES string of the molecule is N#CCCOC(=O)CC(=O)COCCN1C(=O)c2ccccc2C1=O. The van der Waals surface area contributed by atoms with Crippen LogP contribution in [-0.2, 0) is 19.1 Å². The number of amides is 2. The number of fused-ring (bicyclic) bond motifs is 1. The zero-order valence-electron chi connectivity index (χ0n) is 13.4. The topological polar surface area (TPSA) is 114 Å². The second kappa shape index (κ2) is 8.70. The van der Waals surface area contributed by atoms with Gasteiger partial charge in [-0.1, -0.05) is 12.1 Å². The maximum Gasteiger partial charge on any atom is 0.313 e. The zero-order valence-corrected chi connectivity index (χ0v) is 13.4. The van der Waals surface area contributed by atoms with Gasteiger partial charge in [-0.15, -0.1) is 0 Å². The number of hydrogen-bond donors (Lipinski definition) is 0. The van der Waals surface area contributed by atoms with Crippen molar-refractivity contribution in [3.05, 3.63) is 35.4 Å². The average molecular weight is 344 g/mol. The Balaban J connectivity index is 1.69. The normalized spacial score (nSPS) is 12.7. The van der Waals surface area contributed by atoms with Gasteiger partial charge in [0.1, 0.15) is 19.6 Å². The van der Waals surface area contributed by atoms with Gasteiger partial charge in [0, 0.05) is 0 Å². The first kappa shape index (κ1) is 18.3. The van der Waals surface area contributed by atoms with Crippen LogP contribution in [0.25, 0.3) is 0 Å². The number of hydrogen-bond acceptors (Lipinski definition) is 7. The van der Waals surface area contributed by atoms with Crippen molar-refractivity contribution in [2.75, 3.05) is 26.4 Å². The Morgan fingerprint density at radius 1 is 1.08 bits per heavy atom. The Hall–Kier alpha value is -3.05. The number of nitrogens with zero attached hydrogens (tertiary/aromatic N) is 2. The Morgan fingerprint density at radius 2 is 1.72 bits per heavy atom. The molecule has 1 aromatic rings. The first-order chi connectivity index (χ1) is 12.0. The summed E-state index contributed by atoms with van der Waals surface area (Å²) in [6.45, 7) is -0.368. The highest BCUT2D eigenvalue weighted by Crippen LogP contribution is 2.21. The van der Waals surface area contributed by atoms with Crippen LogP contribution in [0.5, 0.6) is 0 Å². The Bertz CT molecular complexity index is 702. The largest absolute Gasteiger partial charge is 0.464 e. The summed E-state index contributed by atoms with van der Waals surface area (Å²) < 4.78 is 9.79. The molecule has 0 saturated carbocycles. The molecular weight excluding hydrogens is 328 g/mol. The lowest BCUT2D eigenvalue weighted by atomic mass is 10.1. The Labute approximate surface area is 143 Å². The van der Waals surface area contributed by atoms with Gasteiger partial charge in [-0.3, -0.25) is 24.1 Å². The van der Waals surface area contributed by atoms with Crippen molar-refractivity contribution in [1.82, 2.24) is 4.90 Å². The monoisotopic (exact) mass is 344 g/mol. The summed E-state index contributed by atoms with van der Waals surface area (Å²) in [6, 6.07) is 8.33. The quantitative estimate of drug-likeness (QED) is 0.280. The smallest absolute Gasteiger partial charge is 0.313 e. The summed E-state index contributed by atoms with van der Waals surface area (Å²) in [5, 5.41) is 8.31. The first-order valence-electron chi connectivity index (χ1n) is 7.62. The van der Waals surface area contributed by atoms with Gasteiger partial charge < -0.3 is 9.47 Å². The van der Waals surface area contributed by atoms with Crippen LogP contribution in [0.3, 0.4) is 0 Å². The maximum atomic E-state index is 12.1. The summed E-state index contributed by atoms with van der Waals surface area (Å²) in [5.74, 6) is -1.98. The van der Waals surface area contributed by atoms with Gasteiger partial charge in [-0.25, -0.2) is 0 Å². The highest BCUT2D eigenvalue weighted by atomic mass is 16.5. The number of ether oxygens (including phenoxy) is 2. The molecule has 0 aliphatic carbocycles. The van der Waals surface area contributed by atoms with Gasteiger partial charge in [0.25, 0.3) is 11.8 Å². The first-order valence-corrected chi connectivity index (χ1v) is 7.62. The van der Waals surface area contributed by atoms with E-state index in [9.17, 15) is 19.2 Å². The highest BCUT2D eigenvalue weighted by molar-refractivity contribution is 6.21. The molecule has 0 atom stereocenters. The molecule has 8 nitrogen and oxygen atoms in total. The van der Waals surface area contributed by atoms with Gasteiger partial charge >= 0.3 is 5.97 Å². The molecule has 0 N–H and O–H groups in total. The van der Waals surface area contributed by atoms with Gasteiger partial charge in [0.05, 0.1) is 36.8 Å². The Kier molecular flexibility index (Phi) is 6.37. The molecule has 2 rings (SSSR count). The predicted octanol–water partition coefficient (Wildman–Crippen LogP) is 0.715. The summed E-state index contributed by atoms with van der Waals surface area (Å²) >= 11 is 0. The third kappa shape index (κ3) is 4.71. The van der Waals surface area contributed by atoms with Crippen LogP contribution in [0.1, 0.15) is 33.6 Å². The van der Waals surface area contributed by atoms with Crippen molar-refractivity contribution in [2.45, 2.75) is 12.8 Å². The van der Waals surface area contributed by atoms with E-state index in [1.807, 2.05) is 6.07 Å². The molecule has 1 aromatic carbocycles. The van der Waals surface area contributed by atoms with Crippen molar-refractivity contribution < 1.29 is 28.7 Å². The van der Waals surface area contributed by atoms with Gasteiger partial charge in [0.15, 0.2) is 5.78 Å². The fourth-order valence-corrected chi connectivity index (χ4v) is 2.26. The van der Waals surface area contributed by atoms with Gasteiger partial charge in [-0.2, -0.15) is 5.26 Å². The lowest BCUT2D eigenvalue weighted by Crippen LogP contribution is -2.33. The molecule has 0 saturated heterocycles. The highest BCUT2D eigenvalue weighted by Gasteiger charge is 2.34. The molecule has 1 aliphatic rings. The summed E-state index contributed by atoms with van der Waals surface area (Å²) in [7, 11) is 0. The molecular formula is C17H16N2O6. The van der Waals surface area contributed by atoms with Crippen LogP contribution in [0.4, 0.5) is 0 Å². The molecule has 0 unspecified atom stereocenters. The maximum absolute atomic E-state index is 12.1. The fraction of sp³-hybridized carbons (Fsp3) is 0.353. The van der Waals surface area contributed by atoms with E-state index >= 15 is 0 Å². The van der Waals surface area contributed by atoms with E-state index in [1.165, 1.54) is 0 Å². The number of esters is 1. The van der Waals surface area contributed by atoms with E-state index in [4.69, 9.17) is 10.00 Å². The number of benzene rings is 1. The standard InChI is InChI=1S/C17H16N2O6/c18-6-3-8-25-15(21)10-12(20)11-24-9-7-19-16(22)13-4-1-2-5-14(13)17(19)23/h1-2,4-5H,3,7-11H2. The average Bonchev–Trinajstić information content (AvgIpc) is 2.84. The van der Waals surface area contributed by atoms with Crippen LogP contribution in [0.2, 0.25) is 0 Å². The summed E-state index contributed by atoms with van der Waals surface area (Å²) in [4.78, 5) is 48.1. The van der Waals surface area contributed by atoms with E-state index in [-0.39, 0.29) is 32.8 Å². The zero-order chi connectivity index (χ0) is 18.2. The minimum absolute atomic E-state index is 0.0132. The van der Waals surface area contributed by atoms with Gasteiger partial charge in [-0.05, 0) is 12.1 Å². The van der Waals surface area contributed by atoms with Crippen LogP contribution in [0.15, 0.2) is 24.3 Å². The number of Topliss-reactive ketones (excluding diaryl/α,β-unsaturated/α-hetero) is 1. The number of rotatable bonds is 9. The second-order valence-corrected chi connectivity index (χ2v) is 5.20. The van der Waals surface area contributed by atoms with Crippen molar-refractivity contribution in [2.24, 2.45) is 0 Å². The molecule has 1 heterocycles. The van der Waals surface area contributed by atoms with E-state index < -0.39 is 30.0 Å². The summed E-state index contributed by atoms with van der Waals surface area (Å²) in [5.41, 5.74) is 0.701. The third-order valence-electron chi connectivity index (χ3n) is 3.42. The molecule has 130 valence electrons. The molecule has 1 aliphatic heterocycles. The predicted molar refractivity (Wildman–Crippen MR) is 83.4 cm³/mol.